The van der Waals surface area contributed by atoms with E-state index in [2.05, 4.69) is 10.0 Å². The van der Waals surface area contributed by atoms with Gasteiger partial charge >= 0.3 is 6.18 Å². The number of benzene rings is 1. The Labute approximate surface area is 79.8 Å². The Hall–Kier alpha value is -1.82. The quantitative estimate of drug-likeness (QED) is 0.300. The van der Waals surface area contributed by atoms with E-state index < -0.39 is 29.1 Å². The highest BCUT2D eigenvalue weighted by atomic mass is 19.4. The second-order valence-corrected chi connectivity index (χ2v) is 2.47. The van der Waals surface area contributed by atoms with Gasteiger partial charge in [-0.15, -0.1) is 0 Å². The maximum atomic E-state index is 12.8. The van der Waals surface area contributed by atoms with Crippen molar-refractivity contribution in [3.8, 4) is 0 Å². The number of halogens is 5. The van der Waals surface area contributed by atoms with Crippen molar-refractivity contribution < 1.29 is 22.0 Å². The van der Waals surface area contributed by atoms with Crippen LogP contribution in [0.3, 0.4) is 0 Å². The molecule has 0 atom stereocenters. The van der Waals surface area contributed by atoms with E-state index in [1.807, 2.05) is 0 Å². The Morgan fingerprint density at radius 1 is 1.13 bits per heavy atom. The van der Waals surface area contributed by atoms with Crippen LogP contribution in [0.2, 0.25) is 0 Å². The molecule has 0 fully saturated rings. The van der Waals surface area contributed by atoms with Gasteiger partial charge in [-0.3, -0.25) is 0 Å². The first-order chi connectivity index (χ1) is 6.86. The Bertz CT molecular complexity index is 410. The van der Waals surface area contributed by atoms with Gasteiger partial charge in [-0.05, 0) is 17.7 Å². The van der Waals surface area contributed by atoms with Crippen molar-refractivity contribution in [3.63, 3.8) is 0 Å². The number of hydrogen-bond acceptors (Lipinski definition) is 1. The highest BCUT2D eigenvalue weighted by molar-refractivity contribution is 5.41. The molecule has 0 bridgehead atoms. The van der Waals surface area contributed by atoms with Crippen LogP contribution in [-0.4, -0.2) is 0 Å². The minimum atomic E-state index is -5.12. The van der Waals surface area contributed by atoms with Crippen molar-refractivity contribution in [2.75, 3.05) is 0 Å². The fourth-order valence-corrected chi connectivity index (χ4v) is 0.940. The molecule has 15 heavy (non-hydrogen) atoms. The molecule has 0 aliphatic heterocycles. The van der Waals surface area contributed by atoms with E-state index in [0.717, 1.165) is 0 Å². The summed E-state index contributed by atoms with van der Waals surface area (Å²) in [4.78, 5) is 2.19. The first-order valence-corrected chi connectivity index (χ1v) is 3.47. The Kier molecular flexibility index (Phi) is 2.81. The predicted octanol–water partition coefficient (Wildman–Crippen LogP) is 3.93. The molecular formula is C7H2F5N3. The molecule has 1 aromatic carbocycles. The van der Waals surface area contributed by atoms with E-state index in [4.69, 9.17) is 5.53 Å². The lowest BCUT2D eigenvalue weighted by Gasteiger charge is -2.09. The SMILES string of the molecule is [N-]=[N+]=Nc1cc(F)c(C(F)(F)F)c(F)c1. The summed E-state index contributed by atoms with van der Waals surface area (Å²) in [5, 5.41) is 2.78. The number of nitrogens with zero attached hydrogens (tertiary/aromatic N) is 3. The third-order valence-electron chi connectivity index (χ3n) is 1.47. The van der Waals surface area contributed by atoms with E-state index in [9.17, 15) is 22.0 Å². The summed E-state index contributed by atoms with van der Waals surface area (Å²) in [5.41, 5.74) is 5.37. The van der Waals surface area contributed by atoms with Crippen LogP contribution in [0.25, 0.3) is 10.4 Å². The molecule has 3 nitrogen and oxygen atoms in total. The van der Waals surface area contributed by atoms with Gasteiger partial charge in [-0.25, -0.2) is 8.78 Å². The highest BCUT2D eigenvalue weighted by Gasteiger charge is 2.37. The maximum absolute atomic E-state index is 12.8. The number of alkyl halides is 3. The molecule has 0 radical (unpaired) electrons. The van der Waals surface area contributed by atoms with Crippen LogP contribution in [0, 0.1) is 11.6 Å². The zero-order valence-electron chi connectivity index (χ0n) is 6.89. The summed E-state index contributed by atoms with van der Waals surface area (Å²) in [6, 6.07) is 0.622. The van der Waals surface area contributed by atoms with Crippen molar-refractivity contribution in [3.05, 3.63) is 39.8 Å². The summed E-state index contributed by atoms with van der Waals surface area (Å²) in [6.45, 7) is 0. The van der Waals surface area contributed by atoms with Gasteiger partial charge in [0.05, 0.1) is 0 Å². The van der Waals surface area contributed by atoms with Crippen LogP contribution in [-0.2, 0) is 6.18 Å². The van der Waals surface area contributed by atoms with Gasteiger partial charge in [-0.1, -0.05) is 5.11 Å². The smallest absolute Gasteiger partial charge is 0.206 e. The number of azide groups is 1. The van der Waals surface area contributed by atoms with Crippen molar-refractivity contribution in [1.29, 1.82) is 0 Å². The largest absolute Gasteiger partial charge is 0.422 e. The van der Waals surface area contributed by atoms with Crippen LogP contribution in [0.4, 0.5) is 27.6 Å². The molecule has 0 saturated heterocycles. The van der Waals surface area contributed by atoms with Gasteiger partial charge in [-0.2, -0.15) is 13.2 Å². The zero-order chi connectivity index (χ0) is 11.6. The Balaban J connectivity index is 3.40. The van der Waals surface area contributed by atoms with Crippen LogP contribution in [0.1, 0.15) is 5.56 Å². The molecule has 0 aliphatic rings. The molecule has 0 unspecified atom stereocenters. The molecule has 1 rings (SSSR count). The van der Waals surface area contributed by atoms with Gasteiger partial charge < -0.3 is 0 Å². The zero-order valence-corrected chi connectivity index (χ0v) is 6.89. The van der Waals surface area contributed by atoms with Crippen LogP contribution in [0.15, 0.2) is 17.2 Å². The van der Waals surface area contributed by atoms with Crippen molar-refractivity contribution in [2.24, 2.45) is 5.11 Å². The van der Waals surface area contributed by atoms with Crippen LogP contribution < -0.4 is 0 Å². The van der Waals surface area contributed by atoms with Gasteiger partial charge in [0.25, 0.3) is 0 Å². The molecular weight excluding hydrogens is 221 g/mol. The Morgan fingerprint density at radius 2 is 1.60 bits per heavy atom. The molecule has 1 aromatic rings. The summed E-state index contributed by atoms with van der Waals surface area (Å²) in [5.74, 6) is -3.63. The number of hydrogen-bond donors (Lipinski definition) is 0. The molecule has 0 aromatic heterocycles. The fraction of sp³-hybridized carbons (Fsp3) is 0.143. The van der Waals surface area contributed by atoms with Crippen molar-refractivity contribution in [1.82, 2.24) is 0 Å². The van der Waals surface area contributed by atoms with Crippen molar-refractivity contribution in [2.45, 2.75) is 6.18 Å². The molecule has 0 amide bonds. The molecule has 80 valence electrons. The van der Waals surface area contributed by atoms with Crippen LogP contribution >= 0.6 is 0 Å². The lowest BCUT2D eigenvalue weighted by Crippen LogP contribution is -2.10. The average Bonchev–Trinajstić information content (AvgIpc) is 1.99. The topological polar surface area (TPSA) is 48.8 Å². The number of rotatable bonds is 1. The molecule has 0 spiro atoms. The monoisotopic (exact) mass is 223 g/mol. The van der Waals surface area contributed by atoms with E-state index >= 15 is 0 Å². The lowest BCUT2D eigenvalue weighted by atomic mass is 10.1. The van der Waals surface area contributed by atoms with E-state index in [1.54, 1.807) is 0 Å². The lowest BCUT2D eigenvalue weighted by molar-refractivity contribution is -0.142. The summed E-state index contributed by atoms with van der Waals surface area (Å²) in [7, 11) is 0. The molecule has 8 heteroatoms. The van der Waals surface area contributed by atoms with Crippen LogP contribution in [0.5, 0.6) is 0 Å². The van der Waals surface area contributed by atoms with Gasteiger partial charge in [0, 0.05) is 10.6 Å². The molecule has 0 N–H and O–H groups in total. The van der Waals surface area contributed by atoms with Gasteiger partial charge in [0.2, 0.25) is 0 Å². The second kappa shape index (κ2) is 3.74. The van der Waals surface area contributed by atoms with Crippen molar-refractivity contribution >= 4 is 5.69 Å². The summed E-state index contributed by atoms with van der Waals surface area (Å²) >= 11 is 0. The molecule has 0 aliphatic carbocycles. The normalized spacial score (nSPS) is 11.0. The van der Waals surface area contributed by atoms with E-state index in [1.165, 1.54) is 0 Å². The fourth-order valence-electron chi connectivity index (χ4n) is 0.940. The third kappa shape index (κ3) is 2.35. The maximum Gasteiger partial charge on any atom is 0.422 e. The highest BCUT2D eigenvalue weighted by Crippen LogP contribution is 2.35. The molecule has 0 heterocycles. The average molecular weight is 223 g/mol. The predicted molar refractivity (Wildman–Crippen MR) is 40.2 cm³/mol. The standard InChI is InChI=1S/C7H2F5N3/c8-4-1-3(14-15-13)2-5(9)6(4)7(10,11)12/h1-2H. The second-order valence-electron chi connectivity index (χ2n) is 2.47. The summed E-state index contributed by atoms with van der Waals surface area (Å²) in [6.07, 6.45) is -5.12. The van der Waals surface area contributed by atoms with Gasteiger partial charge in [0.15, 0.2) is 0 Å². The summed E-state index contributed by atoms with van der Waals surface area (Å²) < 4.78 is 61.7. The Morgan fingerprint density at radius 3 is 1.93 bits per heavy atom. The van der Waals surface area contributed by atoms with E-state index in [0.29, 0.717) is 12.1 Å². The first-order valence-electron chi connectivity index (χ1n) is 3.47. The third-order valence-corrected chi connectivity index (χ3v) is 1.47. The van der Waals surface area contributed by atoms with E-state index in [-0.39, 0.29) is 0 Å². The molecule has 0 saturated carbocycles. The first kappa shape index (κ1) is 11.3. The minimum Gasteiger partial charge on any atom is -0.206 e. The minimum absolute atomic E-state index is 0.311. The van der Waals surface area contributed by atoms with Gasteiger partial charge in [0.1, 0.15) is 17.2 Å².